The van der Waals surface area contributed by atoms with Crippen molar-refractivity contribution >= 4 is 28.9 Å². The van der Waals surface area contributed by atoms with E-state index in [1.165, 1.54) is 6.26 Å². The second-order valence-corrected chi connectivity index (χ2v) is 4.66. The first-order chi connectivity index (χ1) is 9.02. The summed E-state index contributed by atoms with van der Waals surface area (Å²) in [6.07, 6.45) is 2.17. The van der Waals surface area contributed by atoms with Crippen LogP contribution in [0.15, 0.2) is 28.9 Å². The minimum atomic E-state index is -0.213. The number of halogens is 1. The molecule has 0 fully saturated rings. The van der Waals surface area contributed by atoms with Crippen molar-refractivity contribution < 1.29 is 9.21 Å². The molecule has 0 atom stereocenters. The van der Waals surface area contributed by atoms with Gasteiger partial charge in [-0.15, -0.1) is 0 Å². The fraction of sp³-hybridized carbons (Fsp3) is 0.214. The quantitative estimate of drug-likeness (QED) is 0.842. The predicted octanol–water partition coefficient (Wildman–Crippen LogP) is 3.64. The van der Waals surface area contributed by atoms with E-state index in [1.54, 1.807) is 18.2 Å². The van der Waals surface area contributed by atoms with E-state index in [4.69, 9.17) is 21.8 Å². The molecule has 0 unspecified atom stereocenters. The standard InChI is InChI=1S/C14H15ClN2O2/c1-3-13-9(4-5-19-13)14(18)17-12-7-10(15)11(16)6-8(12)2/h4-7H,3,16H2,1-2H3,(H,17,18). The molecule has 1 aromatic carbocycles. The number of nitrogens with one attached hydrogen (secondary N) is 1. The van der Waals surface area contributed by atoms with Crippen molar-refractivity contribution in [1.82, 2.24) is 0 Å². The molecule has 2 aromatic rings. The molecule has 4 nitrogen and oxygen atoms in total. The van der Waals surface area contributed by atoms with Crippen LogP contribution in [-0.2, 0) is 6.42 Å². The van der Waals surface area contributed by atoms with Gasteiger partial charge in [-0.3, -0.25) is 4.79 Å². The summed E-state index contributed by atoms with van der Waals surface area (Å²) in [5.74, 6) is 0.450. The van der Waals surface area contributed by atoms with Crippen LogP contribution in [0.5, 0.6) is 0 Å². The van der Waals surface area contributed by atoms with Crippen molar-refractivity contribution in [2.24, 2.45) is 0 Å². The lowest BCUT2D eigenvalue weighted by Crippen LogP contribution is -2.13. The number of benzene rings is 1. The molecule has 0 bridgehead atoms. The first kappa shape index (κ1) is 13.5. The lowest BCUT2D eigenvalue weighted by molar-refractivity contribution is 0.102. The maximum atomic E-state index is 12.2. The van der Waals surface area contributed by atoms with E-state index < -0.39 is 0 Å². The van der Waals surface area contributed by atoms with E-state index in [2.05, 4.69) is 5.32 Å². The molecule has 0 spiro atoms. The molecule has 1 aromatic heterocycles. The molecule has 1 amide bonds. The Hall–Kier alpha value is -1.94. The van der Waals surface area contributed by atoms with E-state index in [0.717, 1.165) is 5.56 Å². The molecule has 2 rings (SSSR count). The highest BCUT2D eigenvalue weighted by Crippen LogP contribution is 2.27. The zero-order valence-corrected chi connectivity index (χ0v) is 11.5. The van der Waals surface area contributed by atoms with Crippen molar-refractivity contribution in [3.8, 4) is 0 Å². The largest absolute Gasteiger partial charge is 0.469 e. The summed E-state index contributed by atoms with van der Waals surface area (Å²) in [5, 5.41) is 3.24. The number of hydrogen-bond acceptors (Lipinski definition) is 3. The maximum absolute atomic E-state index is 12.2. The zero-order valence-electron chi connectivity index (χ0n) is 10.8. The summed E-state index contributed by atoms with van der Waals surface area (Å²) in [5.41, 5.74) is 8.24. The van der Waals surface area contributed by atoms with Crippen LogP contribution in [0.25, 0.3) is 0 Å². The fourth-order valence-corrected chi connectivity index (χ4v) is 2.01. The Morgan fingerprint density at radius 3 is 2.89 bits per heavy atom. The van der Waals surface area contributed by atoms with Crippen LogP contribution >= 0.6 is 11.6 Å². The van der Waals surface area contributed by atoms with Gasteiger partial charge in [0.1, 0.15) is 5.76 Å². The third kappa shape index (κ3) is 2.74. The highest BCUT2D eigenvalue weighted by Gasteiger charge is 2.14. The average Bonchev–Trinajstić information content (AvgIpc) is 2.84. The minimum Gasteiger partial charge on any atom is -0.469 e. The van der Waals surface area contributed by atoms with Crippen molar-refractivity contribution in [1.29, 1.82) is 0 Å². The molecule has 0 radical (unpaired) electrons. The monoisotopic (exact) mass is 278 g/mol. The number of amides is 1. The SMILES string of the molecule is CCc1occc1C(=O)Nc1cc(Cl)c(N)cc1C. The van der Waals surface area contributed by atoms with Crippen LogP contribution in [0.4, 0.5) is 11.4 Å². The average molecular weight is 279 g/mol. The second-order valence-electron chi connectivity index (χ2n) is 4.25. The Labute approximate surface area is 116 Å². The Morgan fingerprint density at radius 2 is 2.21 bits per heavy atom. The van der Waals surface area contributed by atoms with Gasteiger partial charge in [-0.1, -0.05) is 18.5 Å². The molecule has 19 heavy (non-hydrogen) atoms. The van der Waals surface area contributed by atoms with E-state index in [-0.39, 0.29) is 5.91 Å². The summed E-state index contributed by atoms with van der Waals surface area (Å²) >= 11 is 5.96. The zero-order chi connectivity index (χ0) is 14.0. The van der Waals surface area contributed by atoms with Crippen LogP contribution in [-0.4, -0.2) is 5.91 Å². The van der Waals surface area contributed by atoms with E-state index >= 15 is 0 Å². The third-order valence-corrected chi connectivity index (χ3v) is 3.23. The molecule has 1 heterocycles. The highest BCUT2D eigenvalue weighted by atomic mass is 35.5. The van der Waals surface area contributed by atoms with Crippen LogP contribution in [0.1, 0.15) is 28.6 Å². The Morgan fingerprint density at radius 1 is 1.47 bits per heavy atom. The van der Waals surface area contributed by atoms with Gasteiger partial charge in [0.05, 0.1) is 22.5 Å². The second kappa shape index (κ2) is 5.36. The molecule has 0 saturated heterocycles. The van der Waals surface area contributed by atoms with Gasteiger partial charge in [0, 0.05) is 12.1 Å². The van der Waals surface area contributed by atoms with Gasteiger partial charge in [-0.25, -0.2) is 0 Å². The summed E-state index contributed by atoms with van der Waals surface area (Å²) in [6, 6.07) is 5.03. The van der Waals surface area contributed by atoms with Crippen LogP contribution < -0.4 is 11.1 Å². The number of nitrogen functional groups attached to an aromatic ring is 1. The van der Waals surface area contributed by atoms with Gasteiger partial charge >= 0.3 is 0 Å². The van der Waals surface area contributed by atoms with Crippen molar-refractivity contribution in [2.75, 3.05) is 11.1 Å². The number of furan rings is 1. The smallest absolute Gasteiger partial charge is 0.259 e. The Bertz CT molecular complexity index is 620. The minimum absolute atomic E-state index is 0.213. The first-order valence-corrected chi connectivity index (χ1v) is 6.34. The Balaban J connectivity index is 2.27. The topological polar surface area (TPSA) is 68.3 Å². The van der Waals surface area contributed by atoms with Gasteiger partial charge < -0.3 is 15.5 Å². The summed E-state index contributed by atoms with van der Waals surface area (Å²) in [6.45, 7) is 3.79. The number of aryl methyl sites for hydroxylation is 2. The van der Waals surface area contributed by atoms with Crippen molar-refractivity contribution in [3.63, 3.8) is 0 Å². The summed E-state index contributed by atoms with van der Waals surface area (Å²) in [4.78, 5) is 12.2. The molecule has 100 valence electrons. The van der Waals surface area contributed by atoms with E-state index in [9.17, 15) is 4.79 Å². The van der Waals surface area contributed by atoms with Crippen molar-refractivity contribution in [2.45, 2.75) is 20.3 Å². The van der Waals surface area contributed by atoms with E-state index in [0.29, 0.717) is 34.1 Å². The van der Waals surface area contributed by atoms with Gasteiger partial charge in [-0.05, 0) is 30.7 Å². The van der Waals surface area contributed by atoms with Crippen LogP contribution in [0, 0.1) is 6.92 Å². The van der Waals surface area contributed by atoms with Gasteiger partial charge in [0.2, 0.25) is 0 Å². The van der Waals surface area contributed by atoms with Gasteiger partial charge in [0.25, 0.3) is 5.91 Å². The number of hydrogen-bond donors (Lipinski definition) is 2. The number of carbonyl (C=O) groups excluding carboxylic acids is 1. The van der Waals surface area contributed by atoms with Crippen molar-refractivity contribution in [3.05, 3.63) is 46.4 Å². The maximum Gasteiger partial charge on any atom is 0.259 e. The number of nitrogens with two attached hydrogens (primary N) is 1. The summed E-state index contributed by atoms with van der Waals surface area (Å²) in [7, 11) is 0. The first-order valence-electron chi connectivity index (χ1n) is 5.96. The van der Waals surface area contributed by atoms with Crippen LogP contribution in [0.2, 0.25) is 5.02 Å². The fourth-order valence-electron chi connectivity index (χ4n) is 1.84. The lowest BCUT2D eigenvalue weighted by Gasteiger charge is -2.10. The van der Waals surface area contributed by atoms with Crippen LogP contribution in [0.3, 0.4) is 0 Å². The van der Waals surface area contributed by atoms with Gasteiger partial charge in [0.15, 0.2) is 0 Å². The van der Waals surface area contributed by atoms with E-state index in [1.807, 2.05) is 13.8 Å². The lowest BCUT2D eigenvalue weighted by atomic mass is 10.1. The molecular formula is C14H15ClN2O2. The highest BCUT2D eigenvalue weighted by molar-refractivity contribution is 6.33. The predicted molar refractivity (Wildman–Crippen MR) is 76.6 cm³/mol. The molecule has 5 heteroatoms. The summed E-state index contributed by atoms with van der Waals surface area (Å²) < 4.78 is 5.24. The number of carbonyl (C=O) groups is 1. The Kier molecular flexibility index (Phi) is 3.81. The molecule has 0 aliphatic carbocycles. The number of anilines is 2. The molecule has 0 aliphatic rings. The number of rotatable bonds is 3. The molecule has 0 aliphatic heterocycles. The normalized spacial score (nSPS) is 10.5. The molecule has 3 N–H and O–H groups in total. The molecule has 0 saturated carbocycles. The van der Waals surface area contributed by atoms with Gasteiger partial charge in [-0.2, -0.15) is 0 Å². The third-order valence-electron chi connectivity index (χ3n) is 2.90. The molecular weight excluding hydrogens is 264 g/mol.